The van der Waals surface area contributed by atoms with Crippen LogP contribution in [0.3, 0.4) is 0 Å². The van der Waals surface area contributed by atoms with E-state index >= 15 is 0 Å². The number of nitrogens with zero attached hydrogens (tertiary/aromatic N) is 1. The summed E-state index contributed by atoms with van der Waals surface area (Å²) in [6, 6.07) is 0.610. The van der Waals surface area contributed by atoms with Crippen molar-refractivity contribution in [1.82, 2.24) is 10.2 Å². The van der Waals surface area contributed by atoms with Gasteiger partial charge in [-0.2, -0.15) is 0 Å². The first-order chi connectivity index (χ1) is 9.58. The molecule has 0 aliphatic heterocycles. The molecule has 1 aliphatic rings. The maximum atomic E-state index is 11.9. The molecule has 4 heteroatoms. The lowest BCUT2D eigenvalue weighted by Crippen LogP contribution is -2.41. The molecule has 0 amide bonds. The topological polar surface area (TPSA) is 41.6 Å². The van der Waals surface area contributed by atoms with Crippen molar-refractivity contribution >= 4 is 5.97 Å². The second kappa shape index (κ2) is 9.35. The summed E-state index contributed by atoms with van der Waals surface area (Å²) in [5.74, 6) is 0.639. The van der Waals surface area contributed by atoms with E-state index < -0.39 is 0 Å². The monoisotopic (exact) mass is 284 g/mol. The molecule has 1 unspecified atom stereocenters. The molecule has 0 radical (unpaired) electrons. The molecule has 1 aliphatic carbocycles. The predicted molar refractivity (Wildman–Crippen MR) is 82.8 cm³/mol. The van der Waals surface area contributed by atoms with E-state index in [1.165, 1.54) is 19.3 Å². The second-order valence-corrected chi connectivity index (χ2v) is 6.10. The molecule has 0 bridgehead atoms. The second-order valence-electron chi connectivity index (χ2n) is 6.10. The van der Waals surface area contributed by atoms with Gasteiger partial charge in [0.25, 0.3) is 0 Å². The number of likely N-dealkylation sites (N-methyl/N-ethyl adjacent to an activating group) is 1. The summed E-state index contributed by atoms with van der Waals surface area (Å²) in [6.07, 6.45) is 4.73. The smallest absolute Gasteiger partial charge is 0.323 e. The fraction of sp³-hybridized carbons (Fsp3) is 0.938. The Bertz CT molecular complexity index is 278. The Labute approximate surface area is 124 Å². The van der Waals surface area contributed by atoms with Crippen molar-refractivity contribution < 1.29 is 9.53 Å². The van der Waals surface area contributed by atoms with Crippen molar-refractivity contribution in [2.45, 2.75) is 65.5 Å². The first-order valence-corrected chi connectivity index (χ1v) is 8.22. The lowest BCUT2D eigenvalue weighted by atomic mass is 10.1. The maximum absolute atomic E-state index is 11.9. The summed E-state index contributed by atoms with van der Waals surface area (Å²) in [7, 11) is 0. The van der Waals surface area contributed by atoms with E-state index in [-0.39, 0.29) is 12.0 Å². The van der Waals surface area contributed by atoms with Crippen molar-refractivity contribution in [3.8, 4) is 0 Å². The highest BCUT2D eigenvalue weighted by atomic mass is 16.5. The summed E-state index contributed by atoms with van der Waals surface area (Å²) in [5, 5.41) is 3.25. The minimum absolute atomic E-state index is 0.103. The fourth-order valence-electron chi connectivity index (χ4n) is 2.43. The highest BCUT2D eigenvalue weighted by molar-refractivity contribution is 5.75. The lowest BCUT2D eigenvalue weighted by Gasteiger charge is -2.25. The Kier molecular flexibility index (Phi) is 8.15. The minimum atomic E-state index is -0.153. The lowest BCUT2D eigenvalue weighted by molar-refractivity contribution is -0.145. The molecule has 0 spiro atoms. The number of nitrogens with one attached hydrogen (secondary N) is 1. The van der Waals surface area contributed by atoms with Crippen LogP contribution in [0.25, 0.3) is 0 Å². The van der Waals surface area contributed by atoms with Gasteiger partial charge >= 0.3 is 5.97 Å². The van der Waals surface area contributed by atoms with Gasteiger partial charge in [0.1, 0.15) is 6.04 Å². The van der Waals surface area contributed by atoms with Gasteiger partial charge in [0.15, 0.2) is 0 Å². The molecule has 20 heavy (non-hydrogen) atoms. The van der Waals surface area contributed by atoms with Gasteiger partial charge in [-0.1, -0.05) is 20.8 Å². The van der Waals surface area contributed by atoms with E-state index in [0.29, 0.717) is 6.61 Å². The molecule has 0 saturated heterocycles. The van der Waals surface area contributed by atoms with E-state index in [0.717, 1.165) is 38.0 Å². The van der Waals surface area contributed by atoms with Crippen LogP contribution in [0.5, 0.6) is 0 Å². The molecule has 1 rings (SSSR count). The third-order valence-corrected chi connectivity index (χ3v) is 3.78. The Morgan fingerprint density at radius 1 is 1.25 bits per heavy atom. The average molecular weight is 284 g/mol. The van der Waals surface area contributed by atoms with Crippen molar-refractivity contribution in [2.75, 3.05) is 26.2 Å². The summed E-state index contributed by atoms with van der Waals surface area (Å²) >= 11 is 0. The van der Waals surface area contributed by atoms with Gasteiger partial charge in [-0.15, -0.1) is 0 Å². The van der Waals surface area contributed by atoms with Crippen molar-refractivity contribution in [2.24, 2.45) is 5.92 Å². The number of hydrogen-bond acceptors (Lipinski definition) is 4. The number of ether oxygens (including phenoxy) is 1. The van der Waals surface area contributed by atoms with Crippen molar-refractivity contribution in [3.63, 3.8) is 0 Å². The third-order valence-electron chi connectivity index (χ3n) is 3.78. The number of carbonyl (C=O) groups excluding carboxylic acids is 1. The number of rotatable bonds is 11. The fourth-order valence-corrected chi connectivity index (χ4v) is 2.43. The van der Waals surface area contributed by atoms with Gasteiger partial charge in [0.05, 0.1) is 6.61 Å². The zero-order valence-corrected chi connectivity index (χ0v) is 13.7. The third kappa shape index (κ3) is 6.71. The van der Waals surface area contributed by atoms with Gasteiger partial charge in [-0.3, -0.25) is 4.79 Å². The molecule has 1 fully saturated rings. The minimum Gasteiger partial charge on any atom is -0.465 e. The average Bonchev–Trinajstić information content (AvgIpc) is 3.21. The van der Waals surface area contributed by atoms with E-state index in [2.05, 4.69) is 24.1 Å². The Balaban J connectivity index is 2.39. The van der Waals surface area contributed by atoms with Crippen LogP contribution < -0.4 is 5.32 Å². The summed E-state index contributed by atoms with van der Waals surface area (Å²) in [4.78, 5) is 14.5. The Morgan fingerprint density at radius 2 is 1.90 bits per heavy atom. The maximum Gasteiger partial charge on any atom is 0.323 e. The van der Waals surface area contributed by atoms with Crippen LogP contribution in [0.2, 0.25) is 0 Å². The largest absolute Gasteiger partial charge is 0.465 e. The molecular weight excluding hydrogens is 252 g/mol. The standard InChI is InChI=1S/C16H32N2O2/c1-5-17-15(16(19)20-6-2)10-12-18(14-7-8-14)11-9-13(3)4/h13-15,17H,5-12H2,1-4H3. The highest BCUT2D eigenvalue weighted by Gasteiger charge is 2.29. The number of esters is 1. The summed E-state index contributed by atoms with van der Waals surface area (Å²) < 4.78 is 5.14. The molecular formula is C16H32N2O2. The zero-order chi connectivity index (χ0) is 15.0. The summed E-state index contributed by atoms with van der Waals surface area (Å²) in [5.41, 5.74) is 0. The van der Waals surface area contributed by atoms with Gasteiger partial charge in [0, 0.05) is 12.6 Å². The van der Waals surface area contributed by atoms with Crippen LogP contribution in [-0.4, -0.2) is 49.2 Å². The van der Waals surface area contributed by atoms with Crippen molar-refractivity contribution in [3.05, 3.63) is 0 Å². The van der Waals surface area contributed by atoms with Gasteiger partial charge in [-0.25, -0.2) is 0 Å². The molecule has 4 nitrogen and oxygen atoms in total. The molecule has 1 saturated carbocycles. The van der Waals surface area contributed by atoms with Gasteiger partial charge < -0.3 is 15.0 Å². The molecule has 0 aromatic rings. The summed E-state index contributed by atoms with van der Waals surface area (Å²) in [6.45, 7) is 11.8. The molecule has 118 valence electrons. The van der Waals surface area contributed by atoms with Gasteiger partial charge in [-0.05, 0) is 51.6 Å². The number of carbonyl (C=O) groups is 1. The van der Waals surface area contributed by atoms with Crippen molar-refractivity contribution in [1.29, 1.82) is 0 Å². The molecule has 0 heterocycles. The molecule has 1 atom stereocenters. The van der Waals surface area contributed by atoms with Crippen LogP contribution in [0.15, 0.2) is 0 Å². The number of hydrogen-bond donors (Lipinski definition) is 1. The molecule has 0 aromatic carbocycles. The predicted octanol–water partition coefficient (Wildman–Crippen LogP) is 2.43. The van der Waals surface area contributed by atoms with Crippen LogP contribution in [0.4, 0.5) is 0 Å². The molecule has 0 aromatic heterocycles. The van der Waals surface area contributed by atoms with E-state index in [4.69, 9.17) is 4.74 Å². The zero-order valence-electron chi connectivity index (χ0n) is 13.7. The van der Waals surface area contributed by atoms with Crippen LogP contribution >= 0.6 is 0 Å². The Morgan fingerprint density at radius 3 is 2.40 bits per heavy atom. The van der Waals surface area contributed by atoms with Gasteiger partial charge in [0.2, 0.25) is 0 Å². The van der Waals surface area contributed by atoms with Crippen LogP contribution in [0, 0.1) is 5.92 Å². The highest BCUT2D eigenvalue weighted by Crippen LogP contribution is 2.27. The van der Waals surface area contributed by atoms with E-state index in [9.17, 15) is 4.79 Å². The van der Waals surface area contributed by atoms with E-state index in [1.807, 2.05) is 13.8 Å². The van der Waals surface area contributed by atoms with Crippen LogP contribution in [0.1, 0.15) is 53.4 Å². The van der Waals surface area contributed by atoms with Crippen LogP contribution in [-0.2, 0) is 9.53 Å². The quantitative estimate of drug-likeness (QED) is 0.592. The first kappa shape index (κ1) is 17.4. The SMILES string of the molecule is CCNC(CCN(CCC(C)C)C1CC1)C(=O)OCC. The Hall–Kier alpha value is -0.610. The molecule has 1 N–H and O–H groups in total. The first-order valence-electron chi connectivity index (χ1n) is 8.22. The van der Waals surface area contributed by atoms with E-state index in [1.54, 1.807) is 0 Å². The normalized spacial score (nSPS) is 16.7.